The number of nitrogens with one attached hydrogen (secondary N) is 1. The summed E-state index contributed by atoms with van der Waals surface area (Å²) in [4.78, 5) is 38.7. The first-order valence-corrected chi connectivity index (χ1v) is 12.1. The van der Waals surface area contributed by atoms with Gasteiger partial charge in [-0.05, 0) is 73.6 Å². The summed E-state index contributed by atoms with van der Waals surface area (Å²) in [6, 6.07) is -0.534. The summed E-state index contributed by atoms with van der Waals surface area (Å²) >= 11 is 0. The molecule has 0 aliphatic heterocycles. The van der Waals surface area contributed by atoms with Crippen LogP contribution < -0.4 is 5.32 Å². The molecule has 0 heterocycles. The lowest BCUT2D eigenvalue weighted by molar-refractivity contribution is -0.162. The molecule has 0 spiro atoms. The van der Waals surface area contributed by atoms with E-state index >= 15 is 0 Å². The van der Waals surface area contributed by atoms with Crippen molar-refractivity contribution in [3.05, 3.63) is 0 Å². The van der Waals surface area contributed by atoms with Gasteiger partial charge in [0.25, 0.3) is 0 Å². The predicted molar refractivity (Wildman–Crippen MR) is 125 cm³/mol. The third-order valence-corrected chi connectivity index (χ3v) is 5.74. The molecule has 8 nitrogen and oxygen atoms in total. The Morgan fingerprint density at radius 3 is 2.03 bits per heavy atom. The summed E-state index contributed by atoms with van der Waals surface area (Å²) in [7, 11) is 1.58. The number of hydrogen-bond donors (Lipinski definition) is 2. The summed E-state index contributed by atoms with van der Waals surface area (Å²) in [5.41, 5.74) is -1.95. The number of amides is 1. The van der Waals surface area contributed by atoms with E-state index in [4.69, 9.17) is 14.2 Å². The number of rotatable bonds is 12. The zero-order chi connectivity index (χ0) is 25.3. The molecule has 1 rings (SSSR count). The molecule has 0 aromatic rings. The highest BCUT2D eigenvalue weighted by Gasteiger charge is 2.45. The fourth-order valence-corrected chi connectivity index (χ4v) is 4.30. The van der Waals surface area contributed by atoms with Crippen molar-refractivity contribution in [2.24, 2.45) is 11.3 Å². The highest BCUT2D eigenvalue weighted by atomic mass is 16.6. The van der Waals surface area contributed by atoms with Crippen molar-refractivity contribution >= 4 is 17.8 Å². The van der Waals surface area contributed by atoms with Gasteiger partial charge in [-0.1, -0.05) is 12.8 Å². The van der Waals surface area contributed by atoms with E-state index in [1.54, 1.807) is 27.9 Å². The number of carbonyl (C=O) groups is 3. The Kier molecular flexibility index (Phi) is 11.3. The molecule has 8 heteroatoms. The van der Waals surface area contributed by atoms with Crippen molar-refractivity contribution in [1.82, 2.24) is 5.32 Å². The first-order valence-electron chi connectivity index (χ1n) is 12.1. The van der Waals surface area contributed by atoms with Crippen LogP contribution in [0.3, 0.4) is 0 Å². The lowest BCUT2D eigenvalue weighted by Gasteiger charge is -2.34. The lowest BCUT2D eigenvalue weighted by atomic mass is 9.75. The predicted octanol–water partition coefficient (Wildman–Crippen LogP) is 3.53. The van der Waals surface area contributed by atoms with Crippen LogP contribution in [0.4, 0.5) is 0 Å². The number of methoxy groups -OCH3 is 1. The standard InChI is InChI=1S/C25H45NO7/c1-23(2,3)32-20(28)16-19(10-14-27)26-22(30)25(12-8-9-13-25)17-18(11-15-31-7)21(29)33-24(4,5)6/h18-19,27H,8-17H2,1-7H3,(H,26,30). The second-order valence-electron chi connectivity index (χ2n) is 11.2. The molecule has 0 bridgehead atoms. The average Bonchev–Trinajstić information content (AvgIpc) is 3.12. The van der Waals surface area contributed by atoms with E-state index in [0.29, 0.717) is 32.3 Å². The van der Waals surface area contributed by atoms with Crippen LogP contribution in [0.15, 0.2) is 0 Å². The number of hydrogen-bond acceptors (Lipinski definition) is 7. The number of aliphatic hydroxyl groups is 1. The minimum Gasteiger partial charge on any atom is -0.460 e. The van der Waals surface area contributed by atoms with Crippen molar-refractivity contribution in [2.75, 3.05) is 20.3 Å². The van der Waals surface area contributed by atoms with Gasteiger partial charge in [-0.2, -0.15) is 0 Å². The van der Waals surface area contributed by atoms with Gasteiger partial charge in [0.1, 0.15) is 11.2 Å². The largest absolute Gasteiger partial charge is 0.460 e. The summed E-state index contributed by atoms with van der Waals surface area (Å²) in [5.74, 6) is -1.38. The van der Waals surface area contributed by atoms with E-state index in [0.717, 1.165) is 12.8 Å². The Bertz CT molecular complexity index is 642. The van der Waals surface area contributed by atoms with Crippen molar-refractivity contribution in [1.29, 1.82) is 0 Å². The number of ether oxygens (including phenoxy) is 3. The van der Waals surface area contributed by atoms with Gasteiger partial charge in [0.15, 0.2) is 0 Å². The van der Waals surface area contributed by atoms with Crippen LogP contribution in [0.2, 0.25) is 0 Å². The maximum absolute atomic E-state index is 13.5. The molecule has 1 aliphatic carbocycles. The SMILES string of the molecule is COCCC(CC1(C(=O)NC(CCO)CC(=O)OC(C)(C)C)CCCC1)C(=O)OC(C)(C)C. The molecule has 2 N–H and O–H groups in total. The minimum atomic E-state index is -0.711. The topological polar surface area (TPSA) is 111 Å². The van der Waals surface area contributed by atoms with E-state index in [1.807, 2.05) is 20.8 Å². The second kappa shape index (κ2) is 12.7. The normalized spacial score (nSPS) is 17.8. The maximum atomic E-state index is 13.5. The molecule has 2 unspecified atom stereocenters. The number of aliphatic hydroxyl groups excluding tert-OH is 1. The third kappa shape index (κ3) is 10.9. The fourth-order valence-electron chi connectivity index (χ4n) is 4.30. The van der Waals surface area contributed by atoms with Gasteiger partial charge >= 0.3 is 11.9 Å². The van der Waals surface area contributed by atoms with Crippen LogP contribution in [0, 0.1) is 11.3 Å². The van der Waals surface area contributed by atoms with E-state index in [9.17, 15) is 19.5 Å². The molecule has 0 aromatic carbocycles. The van der Waals surface area contributed by atoms with Gasteiger partial charge in [-0.3, -0.25) is 14.4 Å². The van der Waals surface area contributed by atoms with Crippen LogP contribution in [-0.4, -0.2) is 60.5 Å². The summed E-state index contributed by atoms with van der Waals surface area (Å²) in [5, 5.41) is 12.5. The van der Waals surface area contributed by atoms with Gasteiger partial charge in [-0.25, -0.2) is 0 Å². The van der Waals surface area contributed by atoms with Crippen molar-refractivity contribution < 1.29 is 33.7 Å². The first-order chi connectivity index (χ1) is 15.2. The summed E-state index contributed by atoms with van der Waals surface area (Å²) < 4.78 is 16.2. The summed E-state index contributed by atoms with van der Waals surface area (Å²) in [6.07, 6.45) is 4.21. The Balaban J connectivity index is 2.99. The van der Waals surface area contributed by atoms with Crippen LogP contribution in [0.1, 0.15) is 92.9 Å². The molecule has 192 valence electrons. The van der Waals surface area contributed by atoms with E-state index < -0.39 is 34.5 Å². The third-order valence-electron chi connectivity index (χ3n) is 5.74. The molecule has 1 fully saturated rings. The lowest BCUT2D eigenvalue weighted by Crippen LogP contribution is -2.47. The summed E-state index contributed by atoms with van der Waals surface area (Å²) in [6.45, 7) is 11.1. The molecule has 1 aliphatic rings. The molecule has 2 atom stereocenters. The van der Waals surface area contributed by atoms with Crippen molar-refractivity contribution in [2.45, 2.75) is 110 Å². The molecule has 0 radical (unpaired) electrons. The maximum Gasteiger partial charge on any atom is 0.309 e. The zero-order valence-electron chi connectivity index (χ0n) is 21.6. The number of carbonyl (C=O) groups excluding carboxylic acids is 3. The fraction of sp³-hybridized carbons (Fsp3) is 0.880. The van der Waals surface area contributed by atoms with E-state index in [2.05, 4.69) is 5.32 Å². The Morgan fingerprint density at radius 2 is 1.55 bits per heavy atom. The highest BCUT2D eigenvalue weighted by molar-refractivity contribution is 5.85. The van der Waals surface area contributed by atoms with Gasteiger partial charge in [0.2, 0.25) is 5.91 Å². The molecule has 33 heavy (non-hydrogen) atoms. The van der Waals surface area contributed by atoms with E-state index in [-0.39, 0.29) is 31.3 Å². The van der Waals surface area contributed by atoms with Crippen LogP contribution in [0.25, 0.3) is 0 Å². The average molecular weight is 472 g/mol. The van der Waals surface area contributed by atoms with Crippen molar-refractivity contribution in [3.8, 4) is 0 Å². The second-order valence-corrected chi connectivity index (χ2v) is 11.2. The molecule has 0 aromatic heterocycles. The molecule has 0 saturated heterocycles. The quantitative estimate of drug-likeness (QED) is 0.419. The molecular formula is C25H45NO7. The number of esters is 2. The molecule has 1 saturated carbocycles. The Hall–Kier alpha value is -1.67. The van der Waals surface area contributed by atoms with Gasteiger partial charge in [0, 0.05) is 26.4 Å². The van der Waals surface area contributed by atoms with E-state index in [1.165, 1.54) is 0 Å². The van der Waals surface area contributed by atoms with Crippen molar-refractivity contribution in [3.63, 3.8) is 0 Å². The Labute approximate surface area is 199 Å². The van der Waals surface area contributed by atoms with Gasteiger partial charge in [-0.15, -0.1) is 0 Å². The zero-order valence-corrected chi connectivity index (χ0v) is 21.6. The van der Waals surface area contributed by atoms with Crippen LogP contribution in [-0.2, 0) is 28.6 Å². The van der Waals surface area contributed by atoms with Gasteiger partial charge < -0.3 is 24.6 Å². The minimum absolute atomic E-state index is 0.0151. The monoisotopic (exact) mass is 471 g/mol. The molecular weight excluding hydrogens is 426 g/mol. The Morgan fingerprint density at radius 1 is 0.970 bits per heavy atom. The highest BCUT2D eigenvalue weighted by Crippen LogP contribution is 2.44. The molecule has 1 amide bonds. The van der Waals surface area contributed by atoms with Gasteiger partial charge in [0.05, 0.1) is 17.8 Å². The first kappa shape index (κ1) is 29.4. The van der Waals surface area contributed by atoms with Crippen LogP contribution in [0.5, 0.6) is 0 Å². The van der Waals surface area contributed by atoms with Crippen LogP contribution >= 0.6 is 0 Å². The smallest absolute Gasteiger partial charge is 0.309 e.